The van der Waals surface area contributed by atoms with E-state index < -0.39 is 43.5 Å². The summed E-state index contributed by atoms with van der Waals surface area (Å²) >= 11 is 2.95. The number of amides is 2. The first-order valence-corrected chi connectivity index (χ1v) is 7.10. The number of carbonyl (C=O) groups is 2. The number of nitrogens with one attached hydrogen (secondary N) is 1. The van der Waals surface area contributed by atoms with Gasteiger partial charge in [-0.05, 0) is 15.9 Å². The largest absolute Gasteiger partial charge is 0.465 e. The molecule has 1 saturated heterocycles. The van der Waals surface area contributed by atoms with Gasteiger partial charge in [-0.1, -0.05) is 0 Å². The van der Waals surface area contributed by atoms with E-state index in [2.05, 4.69) is 26.3 Å². The van der Waals surface area contributed by atoms with Crippen LogP contribution in [0.4, 0.5) is 28.2 Å². The number of anilines is 1. The molecule has 0 aromatic carbocycles. The molecule has 0 aliphatic carbocycles. The zero-order valence-corrected chi connectivity index (χ0v) is 12.9. The first kappa shape index (κ1) is 17.5. The normalized spacial score (nSPS) is 21.5. The number of carboxylic acid groups (broad SMARTS) is 1. The number of rotatable bonds is 3. The van der Waals surface area contributed by atoms with Gasteiger partial charge < -0.3 is 10.4 Å². The molecule has 0 radical (unpaired) electrons. The van der Waals surface area contributed by atoms with E-state index in [0.717, 1.165) is 6.20 Å². The quantitative estimate of drug-likeness (QED) is 0.759. The van der Waals surface area contributed by atoms with Crippen molar-refractivity contribution in [1.82, 2.24) is 14.7 Å². The first-order chi connectivity index (χ1) is 10.6. The molecule has 0 unspecified atom stereocenters. The molecule has 2 N–H and O–H groups in total. The molecular weight excluding hydrogens is 392 g/mol. The van der Waals surface area contributed by atoms with E-state index in [4.69, 9.17) is 5.11 Å². The molecule has 1 aromatic rings. The van der Waals surface area contributed by atoms with E-state index in [0.29, 0.717) is 9.58 Å². The Morgan fingerprint density at radius 3 is 2.70 bits per heavy atom. The Morgan fingerprint density at radius 2 is 2.13 bits per heavy atom. The van der Waals surface area contributed by atoms with Crippen LogP contribution >= 0.6 is 15.9 Å². The Hall–Kier alpha value is -1.85. The fourth-order valence-electron chi connectivity index (χ4n) is 2.19. The highest BCUT2D eigenvalue weighted by Gasteiger charge is 2.40. The molecule has 1 aromatic heterocycles. The highest BCUT2D eigenvalue weighted by molar-refractivity contribution is 9.10. The van der Waals surface area contributed by atoms with Crippen molar-refractivity contribution in [3.05, 3.63) is 10.7 Å². The monoisotopic (exact) mass is 402 g/mol. The lowest BCUT2D eigenvalue weighted by molar-refractivity contribution is -0.142. The third-order valence-corrected chi connectivity index (χ3v) is 3.68. The molecule has 12 heteroatoms. The minimum absolute atomic E-state index is 0.0896. The van der Waals surface area contributed by atoms with Gasteiger partial charge in [-0.15, -0.1) is 0 Å². The average molecular weight is 403 g/mol. The van der Waals surface area contributed by atoms with Crippen LogP contribution in [0.3, 0.4) is 0 Å². The van der Waals surface area contributed by atoms with Gasteiger partial charge in [0.05, 0.1) is 11.0 Å². The van der Waals surface area contributed by atoms with E-state index in [1.54, 1.807) is 0 Å². The van der Waals surface area contributed by atoms with Crippen LogP contribution in [0.2, 0.25) is 0 Å². The van der Waals surface area contributed by atoms with Crippen LogP contribution in [-0.2, 0) is 11.3 Å². The Labute approximate surface area is 135 Å². The number of halogens is 5. The predicted molar refractivity (Wildman–Crippen MR) is 72.6 cm³/mol. The van der Waals surface area contributed by atoms with Crippen LogP contribution in [0.15, 0.2) is 10.7 Å². The molecule has 0 bridgehead atoms. The van der Waals surface area contributed by atoms with E-state index in [1.165, 1.54) is 0 Å². The fraction of sp³-hybridized carbons (Fsp3) is 0.545. The van der Waals surface area contributed by atoms with Crippen molar-refractivity contribution < 1.29 is 32.3 Å². The van der Waals surface area contributed by atoms with E-state index in [1.807, 2.05) is 0 Å². The number of nitrogens with zero attached hydrogens (tertiary/aromatic N) is 3. The number of alkyl halides is 4. The molecule has 2 rings (SSSR count). The number of aromatic nitrogens is 2. The topological polar surface area (TPSA) is 87.5 Å². The van der Waals surface area contributed by atoms with Gasteiger partial charge in [-0.25, -0.2) is 9.18 Å². The van der Waals surface area contributed by atoms with Crippen LogP contribution in [0.25, 0.3) is 0 Å². The molecule has 2 amide bonds. The highest BCUT2D eigenvalue weighted by Crippen LogP contribution is 2.26. The Morgan fingerprint density at radius 1 is 1.48 bits per heavy atom. The lowest BCUT2D eigenvalue weighted by Gasteiger charge is -2.19. The number of carbonyl (C=O) groups excluding carboxylic acids is 1. The zero-order valence-electron chi connectivity index (χ0n) is 11.3. The summed E-state index contributed by atoms with van der Waals surface area (Å²) in [6, 6.07) is -1.26. The molecule has 2 atom stereocenters. The van der Waals surface area contributed by atoms with Crippen molar-refractivity contribution in [2.45, 2.75) is 31.4 Å². The number of likely N-dealkylation sites (tertiary alicyclic amines) is 1. The first-order valence-electron chi connectivity index (χ1n) is 6.31. The minimum atomic E-state index is -4.49. The molecule has 1 aliphatic rings. The van der Waals surface area contributed by atoms with Crippen molar-refractivity contribution in [3.63, 3.8) is 0 Å². The summed E-state index contributed by atoms with van der Waals surface area (Å²) < 4.78 is 50.9. The summed E-state index contributed by atoms with van der Waals surface area (Å²) in [6.07, 6.45) is -6.72. The van der Waals surface area contributed by atoms with Crippen LogP contribution in [0.1, 0.15) is 6.42 Å². The van der Waals surface area contributed by atoms with E-state index in [-0.39, 0.29) is 16.7 Å². The second kappa shape index (κ2) is 6.34. The second-order valence-corrected chi connectivity index (χ2v) is 5.77. The lowest BCUT2D eigenvalue weighted by Crippen LogP contribution is -2.42. The van der Waals surface area contributed by atoms with Crippen LogP contribution in [0, 0.1) is 0 Å². The van der Waals surface area contributed by atoms with Crippen molar-refractivity contribution in [2.75, 3.05) is 11.9 Å². The maximum atomic E-state index is 13.3. The molecule has 2 heterocycles. The molecular formula is C11H11BrF4N4O3. The summed E-state index contributed by atoms with van der Waals surface area (Å²) in [6.45, 7) is -1.78. The van der Waals surface area contributed by atoms with Gasteiger partial charge in [-0.2, -0.15) is 18.3 Å². The van der Waals surface area contributed by atoms with Crippen molar-refractivity contribution in [3.8, 4) is 0 Å². The number of hydrogen-bond donors (Lipinski definition) is 2. The van der Waals surface area contributed by atoms with Gasteiger partial charge in [0.15, 0.2) is 5.82 Å². The van der Waals surface area contributed by atoms with Gasteiger partial charge in [0.25, 0.3) is 0 Å². The van der Waals surface area contributed by atoms with Crippen LogP contribution < -0.4 is 5.32 Å². The van der Waals surface area contributed by atoms with E-state index in [9.17, 15) is 27.2 Å². The second-order valence-electron chi connectivity index (χ2n) is 4.91. The van der Waals surface area contributed by atoms with Crippen LogP contribution in [-0.4, -0.2) is 56.7 Å². The van der Waals surface area contributed by atoms with Crippen molar-refractivity contribution in [1.29, 1.82) is 0 Å². The molecule has 128 valence electrons. The van der Waals surface area contributed by atoms with Crippen LogP contribution in [0.5, 0.6) is 0 Å². The van der Waals surface area contributed by atoms with Gasteiger partial charge in [0.2, 0.25) is 5.91 Å². The van der Waals surface area contributed by atoms with Crippen molar-refractivity contribution in [2.24, 2.45) is 0 Å². The molecule has 0 saturated carbocycles. The summed E-state index contributed by atoms with van der Waals surface area (Å²) in [5.74, 6) is -1.06. The fourth-order valence-corrected chi connectivity index (χ4v) is 2.61. The summed E-state index contributed by atoms with van der Waals surface area (Å²) in [7, 11) is 0. The summed E-state index contributed by atoms with van der Waals surface area (Å²) in [4.78, 5) is 23.7. The van der Waals surface area contributed by atoms with E-state index >= 15 is 0 Å². The molecule has 23 heavy (non-hydrogen) atoms. The SMILES string of the molecule is O=C(Nc1nn(CC(F)(F)F)cc1Br)[C@@H]1C[C@@H](F)CN1C(=O)O. The van der Waals surface area contributed by atoms with Gasteiger partial charge >= 0.3 is 12.3 Å². The lowest BCUT2D eigenvalue weighted by atomic mass is 10.2. The third-order valence-electron chi connectivity index (χ3n) is 3.10. The smallest absolute Gasteiger partial charge is 0.408 e. The Balaban J connectivity index is 2.10. The zero-order chi connectivity index (χ0) is 17.4. The predicted octanol–water partition coefficient (Wildman–Crippen LogP) is 2.24. The molecule has 1 aliphatic heterocycles. The molecule has 1 fully saturated rings. The minimum Gasteiger partial charge on any atom is -0.465 e. The molecule has 7 nitrogen and oxygen atoms in total. The standard InChI is InChI=1S/C11H11BrF4N4O3/c12-6-3-19(4-11(14,15)16)18-8(6)17-9(21)7-1-5(13)2-20(7)10(22)23/h3,5,7H,1-2,4H2,(H,22,23)(H,17,18,21)/t5-,7+/m1/s1. The van der Waals surface area contributed by atoms with Crippen molar-refractivity contribution >= 4 is 33.7 Å². The number of hydrogen-bond acceptors (Lipinski definition) is 3. The highest BCUT2D eigenvalue weighted by atomic mass is 79.9. The third kappa shape index (κ3) is 4.33. The van der Waals surface area contributed by atoms with Gasteiger partial charge in [0, 0.05) is 12.6 Å². The van der Waals surface area contributed by atoms with Gasteiger partial charge in [-0.3, -0.25) is 14.4 Å². The Bertz CT molecular complexity index is 621. The Kier molecular flexibility index (Phi) is 4.82. The summed E-state index contributed by atoms with van der Waals surface area (Å²) in [5.41, 5.74) is 0. The molecule has 0 spiro atoms. The summed E-state index contributed by atoms with van der Waals surface area (Å²) in [5, 5.41) is 14.7. The van der Waals surface area contributed by atoms with Gasteiger partial charge in [0.1, 0.15) is 18.8 Å². The average Bonchev–Trinajstić information content (AvgIpc) is 2.91. The maximum absolute atomic E-state index is 13.3. The maximum Gasteiger partial charge on any atom is 0.408 e.